The number of carbonyl (C=O) groups is 3. The molecule has 2 aliphatic rings. The predicted molar refractivity (Wildman–Crippen MR) is 132 cm³/mol. The molecule has 5 rings (SSSR count). The van der Waals surface area contributed by atoms with Crippen molar-refractivity contribution in [1.29, 1.82) is 0 Å². The van der Waals surface area contributed by atoms with Crippen LogP contribution in [-0.2, 0) is 4.79 Å². The van der Waals surface area contributed by atoms with E-state index >= 15 is 0 Å². The highest BCUT2D eigenvalue weighted by Gasteiger charge is 2.57. The molecule has 0 bridgehead atoms. The first-order valence-corrected chi connectivity index (χ1v) is 11.7. The first-order valence-electron chi connectivity index (χ1n) is 10.9. The maximum atomic E-state index is 13.5. The lowest BCUT2D eigenvalue weighted by molar-refractivity contribution is -0.384. The molecule has 3 aromatic rings. The van der Waals surface area contributed by atoms with Gasteiger partial charge in [-0.05, 0) is 48.9 Å². The van der Waals surface area contributed by atoms with Crippen molar-refractivity contribution >= 4 is 52.3 Å². The van der Waals surface area contributed by atoms with Gasteiger partial charge < -0.3 is 9.64 Å². The number of anilines is 1. The van der Waals surface area contributed by atoms with Crippen LogP contribution in [0.3, 0.4) is 0 Å². The van der Waals surface area contributed by atoms with Gasteiger partial charge in [0.15, 0.2) is 0 Å². The van der Waals surface area contributed by atoms with Crippen molar-refractivity contribution in [1.82, 2.24) is 4.90 Å². The number of nitro groups is 1. The van der Waals surface area contributed by atoms with Crippen LogP contribution in [0.15, 0.2) is 60.7 Å². The second-order valence-corrected chi connectivity index (χ2v) is 8.98. The largest absolute Gasteiger partial charge is 0.494 e. The number of rotatable bonds is 6. The van der Waals surface area contributed by atoms with E-state index < -0.39 is 34.7 Å². The first kappa shape index (κ1) is 23.8. The van der Waals surface area contributed by atoms with Crippen LogP contribution in [0.1, 0.15) is 39.2 Å². The summed E-state index contributed by atoms with van der Waals surface area (Å²) in [6, 6.07) is 13.2. The smallest absolute Gasteiger partial charge is 0.270 e. The van der Waals surface area contributed by atoms with Gasteiger partial charge in [0.05, 0.1) is 38.7 Å². The predicted octanol–water partition coefficient (Wildman–Crippen LogP) is 5.05. The molecule has 0 saturated carbocycles. The highest BCUT2D eigenvalue weighted by Crippen LogP contribution is 2.45. The van der Waals surface area contributed by atoms with Crippen molar-refractivity contribution in [3.63, 3.8) is 0 Å². The van der Waals surface area contributed by atoms with Crippen LogP contribution in [0, 0.1) is 10.1 Å². The van der Waals surface area contributed by atoms with Crippen LogP contribution in [0.2, 0.25) is 10.0 Å². The van der Waals surface area contributed by atoms with Gasteiger partial charge in [-0.1, -0.05) is 35.3 Å². The van der Waals surface area contributed by atoms with Crippen LogP contribution in [0.25, 0.3) is 0 Å². The highest BCUT2D eigenvalue weighted by molar-refractivity contribution is 6.42. The fraction of sp³-hybridized carbons (Fsp3) is 0.160. The average molecular weight is 526 g/mol. The zero-order chi connectivity index (χ0) is 25.7. The number of fused-ring (bicyclic) bond motifs is 1. The number of hydrogen-bond acceptors (Lipinski definition) is 6. The molecule has 0 spiro atoms. The number of ether oxygens (including phenoxy) is 1. The molecule has 3 amide bonds. The zero-order valence-corrected chi connectivity index (χ0v) is 20.2. The minimum atomic E-state index is -1.16. The van der Waals surface area contributed by atoms with Crippen molar-refractivity contribution in [3.8, 4) is 5.75 Å². The highest BCUT2D eigenvalue weighted by atomic mass is 35.5. The van der Waals surface area contributed by atoms with Gasteiger partial charge in [-0.25, -0.2) is 0 Å². The molecule has 1 saturated heterocycles. The van der Waals surface area contributed by atoms with Crippen molar-refractivity contribution < 1.29 is 24.0 Å². The van der Waals surface area contributed by atoms with E-state index in [-0.39, 0.29) is 21.8 Å². The summed E-state index contributed by atoms with van der Waals surface area (Å²) in [5, 5.41) is 11.7. The maximum Gasteiger partial charge on any atom is 0.270 e. The van der Waals surface area contributed by atoms with Crippen molar-refractivity contribution in [2.45, 2.75) is 19.0 Å². The molecule has 0 aromatic heterocycles. The minimum Gasteiger partial charge on any atom is -0.494 e. The fourth-order valence-electron chi connectivity index (χ4n) is 4.52. The molecule has 2 heterocycles. The molecule has 0 radical (unpaired) electrons. The molecule has 36 heavy (non-hydrogen) atoms. The van der Waals surface area contributed by atoms with Gasteiger partial charge in [-0.3, -0.25) is 29.4 Å². The van der Waals surface area contributed by atoms with E-state index in [0.717, 1.165) is 17.0 Å². The van der Waals surface area contributed by atoms with Crippen LogP contribution >= 0.6 is 23.2 Å². The summed E-state index contributed by atoms with van der Waals surface area (Å²) in [7, 11) is 0. The maximum absolute atomic E-state index is 13.5. The van der Waals surface area contributed by atoms with Crippen molar-refractivity contribution in [3.05, 3.63) is 97.5 Å². The summed E-state index contributed by atoms with van der Waals surface area (Å²) < 4.78 is 5.50. The number of benzene rings is 3. The van der Waals surface area contributed by atoms with Gasteiger partial charge in [-0.2, -0.15) is 0 Å². The van der Waals surface area contributed by atoms with Crippen LogP contribution < -0.4 is 9.64 Å². The number of nitrogens with zero attached hydrogens (tertiary/aromatic N) is 3. The van der Waals surface area contributed by atoms with E-state index in [0.29, 0.717) is 28.6 Å². The van der Waals surface area contributed by atoms with Gasteiger partial charge in [0, 0.05) is 17.8 Å². The van der Waals surface area contributed by atoms with Gasteiger partial charge in [0.1, 0.15) is 11.8 Å². The van der Waals surface area contributed by atoms with E-state index in [9.17, 15) is 24.5 Å². The number of halogens is 2. The number of non-ortho nitro benzene ring substituents is 1. The third-order valence-corrected chi connectivity index (χ3v) is 6.91. The fourth-order valence-corrected chi connectivity index (χ4v) is 4.81. The molecule has 2 aliphatic heterocycles. The summed E-state index contributed by atoms with van der Waals surface area (Å²) in [6.45, 7) is 2.33. The van der Waals surface area contributed by atoms with E-state index in [1.807, 2.05) is 6.92 Å². The molecule has 182 valence electrons. The number of imide groups is 1. The molecule has 3 aromatic carbocycles. The summed E-state index contributed by atoms with van der Waals surface area (Å²) in [5.41, 5.74) is 0.669. The molecular formula is C25H17Cl2N3O6. The Kier molecular flexibility index (Phi) is 5.89. The molecule has 11 heteroatoms. The van der Waals surface area contributed by atoms with Crippen LogP contribution in [0.5, 0.6) is 5.75 Å². The van der Waals surface area contributed by atoms with Crippen molar-refractivity contribution in [2.24, 2.45) is 0 Å². The Balaban J connectivity index is 1.57. The quantitative estimate of drug-likeness (QED) is 0.192. The Morgan fingerprint density at radius 3 is 2.19 bits per heavy atom. The Morgan fingerprint density at radius 2 is 1.56 bits per heavy atom. The molecule has 2 atom stereocenters. The molecule has 9 nitrogen and oxygen atoms in total. The lowest BCUT2D eigenvalue weighted by Crippen LogP contribution is -2.67. The average Bonchev–Trinajstić information content (AvgIpc) is 3.10. The number of nitro benzene ring substituents is 1. The van der Waals surface area contributed by atoms with Gasteiger partial charge in [-0.15, -0.1) is 0 Å². The third-order valence-electron chi connectivity index (χ3n) is 6.17. The zero-order valence-electron chi connectivity index (χ0n) is 18.7. The van der Waals surface area contributed by atoms with Gasteiger partial charge in [0.25, 0.3) is 23.4 Å². The second-order valence-electron chi connectivity index (χ2n) is 8.17. The van der Waals surface area contributed by atoms with Gasteiger partial charge in [0.2, 0.25) is 0 Å². The monoisotopic (exact) mass is 525 g/mol. The summed E-state index contributed by atoms with van der Waals surface area (Å²) in [4.78, 5) is 52.9. The Hall–Kier alpha value is -3.95. The summed E-state index contributed by atoms with van der Waals surface area (Å²) >= 11 is 12.2. The molecule has 0 N–H and O–H groups in total. The Bertz CT molecular complexity index is 1440. The number of amides is 3. The van der Waals surface area contributed by atoms with Crippen LogP contribution in [0.4, 0.5) is 11.4 Å². The van der Waals surface area contributed by atoms with E-state index in [1.54, 1.807) is 36.4 Å². The standard InChI is InChI=1S/C25H17Cl2N3O6/c1-2-36-16-7-3-13(4-8-16)21-22(25(33)28(21)14-6-10-19(26)20(27)12-14)29-23(31)17-9-5-15(30(34)35)11-18(17)24(29)32/h3-12,21-22H,2H2,1H3/t21-,22-/m1/s1. The number of carbonyl (C=O) groups excluding carboxylic acids is 3. The molecule has 0 unspecified atom stereocenters. The molecule has 1 fully saturated rings. The van der Waals surface area contributed by atoms with Crippen molar-refractivity contribution in [2.75, 3.05) is 11.5 Å². The summed E-state index contributed by atoms with van der Waals surface area (Å²) in [6.07, 6.45) is 0. The SMILES string of the molecule is CCOc1ccc([C@@H]2[C@@H](N3C(=O)c4ccc([N+](=O)[O-])cc4C3=O)C(=O)N2c2ccc(Cl)c(Cl)c2)cc1. The lowest BCUT2D eigenvalue weighted by Gasteiger charge is -2.49. The second kappa shape index (κ2) is 8.92. The normalized spacial score (nSPS) is 18.8. The van der Waals surface area contributed by atoms with Gasteiger partial charge >= 0.3 is 0 Å². The number of hydrogen-bond donors (Lipinski definition) is 0. The summed E-state index contributed by atoms with van der Waals surface area (Å²) in [5.74, 6) is -1.33. The van der Waals surface area contributed by atoms with E-state index in [1.165, 1.54) is 17.0 Å². The van der Waals surface area contributed by atoms with E-state index in [4.69, 9.17) is 27.9 Å². The lowest BCUT2D eigenvalue weighted by atomic mass is 9.86. The number of β-lactam (4-membered cyclic amide) rings is 1. The topological polar surface area (TPSA) is 110 Å². The van der Waals surface area contributed by atoms with Crippen LogP contribution in [-0.4, -0.2) is 40.2 Å². The minimum absolute atomic E-state index is 0.0110. The Labute approximate surface area is 214 Å². The van der Waals surface area contributed by atoms with E-state index in [2.05, 4.69) is 0 Å². The first-order chi connectivity index (χ1) is 17.2. The molecular weight excluding hydrogens is 509 g/mol. The molecule has 0 aliphatic carbocycles. The third kappa shape index (κ3) is 3.68. The Morgan fingerprint density at radius 1 is 0.861 bits per heavy atom.